The molecule has 2 rings (SSSR count). The molecule has 20 heavy (non-hydrogen) atoms. The zero-order valence-corrected chi connectivity index (χ0v) is 11.2. The zero-order chi connectivity index (χ0) is 14.5. The van der Waals surface area contributed by atoms with Crippen molar-refractivity contribution in [1.82, 2.24) is 0 Å². The Bertz CT molecular complexity index is 555. The van der Waals surface area contributed by atoms with Crippen LogP contribution < -0.4 is 10.5 Å². The van der Waals surface area contributed by atoms with Crippen LogP contribution in [0.15, 0.2) is 48.5 Å². The van der Waals surface area contributed by atoms with Crippen LogP contribution in [0, 0.1) is 6.92 Å². The van der Waals surface area contributed by atoms with Crippen LogP contribution >= 0.6 is 0 Å². The lowest BCUT2D eigenvalue weighted by Gasteiger charge is -2.14. The fourth-order valence-corrected chi connectivity index (χ4v) is 2.02. The number of hydrogen-bond acceptors (Lipinski definition) is 2. The molecule has 0 amide bonds. The minimum atomic E-state index is -2.82. The topological polar surface area (TPSA) is 35.2 Å². The quantitative estimate of drug-likeness (QED) is 0.901. The molecule has 0 bridgehead atoms. The predicted octanol–water partition coefficient (Wildman–Crippen LogP) is 3.84. The summed E-state index contributed by atoms with van der Waals surface area (Å²) < 4.78 is 28.8. The fourth-order valence-electron chi connectivity index (χ4n) is 2.02. The Labute approximate surface area is 117 Å². The van der Waals surface area contributed by atoms with Crippen LogP contribution in [0.1, 0.15) is 22.7 Å². The molecule has 1 unspecified atom stereocenters. The molecule has 0 aliphatic heterocycles. The minimum absolute atomic E-state index is 0.136. The summed E-state index contributed by atoms with van der Waals surface area (Å²) in [7, 11) is 0. The third kappa shape index (κ3) is 4.03. The number of ether oxygens (including phenoxy) is 1. The van der Waals surface area contributed by atoms with Crippen molar-refractivity contribution in [3.8, 4) is 5.75 Å². The van der Waals surface area contributed by atoms with Crippen molar-refractivity contribution in [2.75, 3.05) is 0 Å². The highest BCUT2D eigenvalue weighted by molar-refractivity contribution is 5.32. The van der Waals surface area contributed by atoms with Crippen molar-refractivity contribution in [2.24, 2.45) is 5.73 Å². The molecule has 0 aromatic heterocycles. The number of rotatable bonds is 5. The zero-order valence-electron chi connectivity index (χ0n) is 11.2. The first-order valence-electron chi connectivity index (χ1n) is 6.40. The lowest BCUT2D eigenvalue weighted by molar-refractivity contribution is -0.0498. The highest BCUT2D eigenvalue weighted by atomic mass is 19.3. The summed E-state index contributed by atoms with van der Waals surface area (Å²) in [5.74, 6) is 0.136. The Morgan fingerprint density at radius 3 is 2.45 bits per heavy atom. The van der Waals surface area contributed by atoms with Crippen LogP contribution in [-0.4, -0.2) is 6.61 Å². The molecule has 0 saturated carbocycles. The van der Waals surface area contributed by atoms with Gasteiger partial charge in [-0.2, -0.15) is 8.78 Å². The Kier molecular flexibility index (Phi) is 4.69. The second-order valence-electron chi connectivity index (χ2n) is 4.75. The Morgan fingerprint density at radius 2 is 1.80 bits per heavy atom. The second kappa shape index (κ2) is 6.48. The van der Waals surface area contributed by atoms with Gasteiger partial charge in [-0.3, -0.25) is 0 Å². The maximum Gasteiger partial charge on any atom is 0.387 e. The number of halogens is 2. The molecule has 2 aromatic carbocycles. The van der Waals surface area contributed by atoms with Crippen molar-refractivity contribution < 1.29 is 13.5 Å². The van der Waals surface area contributed by atoms with Gasteiger partial charge in [-0.05, 0) is 36.6 Å². The van der Waals surface area contributed by atoms with Gasteiger partial charge in [0.2, 0.25) is 0 Å². The van der Waals surface area contributed by atoms with E-state index in [-0.39, 0.29) is 11.8 Å². The van der Waals surface area contributed by atoms with Crippen LogP contribution in [0.4, 0.5) is 8.78 Å². The lowest BCUT2D eigenvalue weighted by atomic mass is 9.99. The monoisotopic (exact) mass is 277 g/mol. The predicted molar refractivity (Wildman–Crippen MR) is 74.9 cm³/mol. The van der Waals surface area contributed by atoms with Gasteiger partial charge in [0, 0.05) is 6.04 Å². The molecule has 4 heteroatoms. The van der Waals surface area contributed by atoms with Crippen molar-refractivity contribution in [3.05, 3.63) is 65.2 Å². The fraction of sp³-hybridized carbons (Fsp3) is 0.250. The number of benzene rings is 2. The molecule has 0 radical (unpaired) electrons. The average molecular weight is 277 g/mol. The van der Waals surface area contributed by atoms with Gasteiger partial charge in [0.05, 0.1) is 0 Å². The molecule has 1 atom stereocenters. The van der Waals surface area contributed by atoms with E-state index in [1.54, 1.807) is 12.1 Å². The number of hydrogen-bond donors (Lipinski definition) is 1. The molecule has 0 aliphatic carbocycles. The Balaban J connectivity index is 2.08. The van der Waals surface area contributed by atoms with Gasteiger partial charge in [0.25, 0.3) is 0 Å². The van der Waals surface area contributed by atoms with E-state index in [2.05, 4.69) is 4.74 Å². The summed E-state index contributed by atoms with van der Waals surface area (Å²) in [5, 5.41) is 0. The van der Waals surface area contributed by atoms with Crippen molar-refractivity contribution >= 4 is 0 Å². The molecule has 2 nitrogen and oxygen atoms in total. The van der Waals surface area contributed by atoms with E-state index < -0.39 is 6.61 Å². The van der Waals surface area contributed by atoms with E-state index in [4.69, 9.17) is 5.73 Å². The van der Waals surface area contributed by atoms with Crippen LogP contribution in [-0.2, 0) is 6.42 Å². The molecular formula is C16H17F2NO. The van der Waals surface area contributed by atoms with E-state index in [0.717, 1.165) is 11.1 Å². The third-order valence-electron chi connectivity index (χ3n) is 3.09. The molecule has 0 fully saturated rings. The van der Waals surface area contributed by atoms with Crippen LogP contribution in [0.5, 0.6) is 5.75 Å². The molecular weight excluding hydrogens is 260 g/mol. The first kappa shape index (κ1) is 14.5. The van der Waals surface area contributed by atoms with Crippen LogP contribution in [0.3, 0.4) is 0 Å². The van der Waals surface area contributed by atoms with Crippen molar-refractivity contribution in [3.63, 3.8) is 0 Å². The highest BCUT2D eigenvalue weighted by Crippen LogP contribution is 2.22. The summed E-state index contributed by atoms with van der Waals surface area (Å²) in [5.41, 5.74) is 9.21. The van der Waals surface area contributed by atoms with Crippen molar-refractivity contribution in [1.29, 1.82) is 0 Å². The van der Waals surface area contributed by atoms with Gasteiger partial charge in [0.1, 0.15) is 5.75 Å². The van der Waals surface area contributed by atoms with Crippen LogP contribution in [0.25, 0.3) is 0 Å². The molecule has 0 saturated heterocycles. The van der Waals surface area contributed by atoms with Crippen molar-refractivity contribution in [2.45, 2.75) is 26.0 Å². The van der Waals surface area contributed by atoms with Gasteiger partial charge in [-0.15, -0.1) is 0 Å². The molecule has 0 aliphatic rings. The number of alkyl halides is 2. The first-order chi connectivity index (χ1) is 9.54. The molecule has 0 spiro atoms. The normalized spacial score (nSPS) is 12.4. The summed E-state index contributed by atoms with van der Waals surface area (Å²) >= 11 is 0. The first-order valence-corrected chi connectivity index (χ1v) is 6.40. The number of nitrogens with two attached hydrogens (primary N) is 1. The van der Waals surface area contributed by atoms with E-state index in [9.17, 15) is 8.78 Å². The molecule has 2 N–H and O–H groups in total. The van der Waals surface area contributed by atoms with E-state index >= 15 is 0 Å². The molecule has 2 aromatic rings. The Morgan fingerprint density at radius 1 is 1.10 bits per heavy atom. The summed E-state index contributed by atoms with van der Waals surface area (Å²) in [6, 6.07) is 14.4. The minimum Gasteiger partial charge on any atom is -0.435 e. The van der Waals surface area contributed by atoms with E-state index in [1.807, 2.05) is 37.3 Å². The maximum absolute atomic E-state index is 12.2. The van der Waals surface area contributed by atoms with E-state index in [0.29, 0.717) is 6.42 Å². The van der Waals surface area contributed by atoms with Gasteiger partial charge in [-0.1, -0.05) is 42.0 Å². The molecule has 106 valence electrons. The van der Waals surface area contributed by atoms with E-state index in [1.165, 1.54) is 11.6 Å². The molecule has 0 heterocycles. The van der Waals surface area contributed by atoms with Gasteiger partial charge < -0.3 is 10.5 Å². The Hall–Kier alpha value is -1.94. The summed E-state index contributed by atoms with van der Waals surface area (Å²) in [6.45, 7) is -0.798. The lowest BCUT2D eigenvalue weighted by Crippen LogP contribution is -2.13. The van der Waals surface area contributed by atoms with Crippen LogP contribution in [0.2, 0.25) is 0 Å². The summed E-state index contributed by atoms with van der Waals surface area (Å²) in [4.78, 5) is 0. The largest absolute Gasteiger partial charge is 0.435 e. The van der Waals surface area contributed by atoms with Gasteiger partial charge in [-0.25, -0.2) is 0 Å². The SMILES string of the molecule is Cc1ccc(CC(N)c2cccc(OC(F)F)c2)cc1. The second-order valence-corrected chi connectivity index (χ2v) is 4.75. The standard InChI is InChI=1S/C16H17F2NO/c1-11-5-7-12(8-6-11)9-15(19)13-3-2-4-14(10-13)20-16(17)18/h2-8,10,15-16H,9,19H2,1H3. The highest BCUT2D eigenvalue weighted by Gasteiger charge is 2.10. The smallest absolute Gasteiger partial charge is 0.387 e. The third-order valence-corrected chi connectivity index (χ3v) is 3.09. The maximum atomic E-state index is 12.2. The van der Waals surface area contributed by atoms with Gasteiger partial charge >= 0.3 is 6.61 Å². The summed E-state index contributed by atoms with van der Waals surface area (Å²) in [6.07, 6.45) is 0.651. The number of aryl methyl sites for hydroxylation is 1. The average Bonchev–Trinajstić information content (AvgIpc) is 2.41. The van der Waals surface area contributed by atoms with Gasteiger partial charge in [0.15, 0.2) is 0 Å².